The smallest absolute Gasteiger partial charge is 0.329 e. The molecule has 0 saturated heterocycles. The van der Waals surface area contributed by atoms with Crippen molar-refractivity contribution in [2.24, 2.45) is 0 Å². The Kier molecular flexibility index (Phi) is 3.01. The van der Waals surface area contributed by atoms with Crippen molar-refractivity contribution in [1.29, 1.82) is 0 Å². The van der Waals surface area contributed by atoms with Gasteiger partial charge in [-0.1, -0.05) is 18.2 Å². The first kappa shape index (κ1) is 12.1. The minimum absolute atomic E-state index is 0.352. The van der Waals surface area contributed by atoms with Crippen molar-refractivity contribution < 1.29 is 24.0 Å². The molecule has 18 heavy (non-hydrogen) atoms. The summed E-state index contributed by atoms with van der Waals surface area (Å²) in [4.78, 5) is 38.8. The fourth-order valence-corrected chi connectivity index (χ4v) is 1.76. The van der Waals surface area contributed by atoms with E-state index in [1.165, 1.54) is 13.8 Å². The normalized spacial score (nSPS) is 17.3. The zero-order valence-electron chi connectivity index (χ0n) is 9.88. The predicted molar refractivity (Wildman–Crippen MR) is 58.9 cm³/mol. The van der Waals surface area contributed by atoms with Crippen LogP contribution in [0.5, 0.6) is 0 Å². The van der Waals surface area contributed by atoms with E-state index in [2.05, 4.69) is 0 Å². The molecule has 0 spiro atoms. The molecule has 0 bridgehead atoms. The Morgan fingerprint density at radius 2 is 1.83 bits per heavy atom. The number of esters is 1. The van der Waals surface area contributed by atoms with Crippen LogP contribution in [0.3, 0.4) is 0 Å². The topological polar surface area (TPSA) is 72.9 Å². The molecule has 1 amide bonds. The van der Waals surface area contributed by atoms with E-state index in [1.54, 1.807) is 24.3 Å². The van der Waals surface area contributed by atoms with Gasteiger partial charge in [0.15, 0.2) is 0 Å². The Labute approximate surface area is 103 Å². The van der Waals surface area contributed by atoms with E-state index < -0.39 is 24.1 Å². The molecule has 1 unspecified atom stereocenters. The second-order valence-corrected chi connectivity index (χ2v) is 3.76. The van der Waals surface area contributed by atoms with Gasteiger partial charge < -0.3 is 9.57 Å². The summed E-state index contributed by atoms with van der Waals surface area (Å²) >= 11 is 0. The van der Waals surface area contributed by atoms with Crippen LogP contribution >= 0.6 is 0 Å². The fourth-order valence-electron chi connectivity index (χ4n) is 1.76. The average Bonchev–Trinajstić information content (AvgIpc) is 2.54. The van der Waals surface area contributed by atoms with Crippen molar-refractivity contribution in [2.75, 3.05) is 0 Å². The summed E-state index contributed by atoms with van der Waals surface area (Å²) in [5, 5.41) is 0.772. The van der Waals surface area contributed by atoms with Gasteiger partial charge in [0.25, 0.3) is 5.91 Å². The van der Waals surface area contributed by atoms with E-state index in [1.807, 2.05) is 0 Å². The number of hydroxylamine groups is 2. The number of hydrogen-bond acceptors (Lipinski definition) is 5. The Balaban J connectivity index is 2.39. The summed E-state index contributed by atoms with van der Waals surface area (Å²) in [6, 6.07) is 6.61. The van der Waals surface area contributed by atoms with Crippen molar-refractivity contribution in [2.45, 2.75) is 20.1 Å². The van der Waals surface area contributed by atoms with E-state index in [4.69, 9.17) is 9.57 Å². The van der Waals surface area contributed by atoms with Gasteiger partial charge in [0, 0.05) is 19.4 Å². The van der Waals surface area contributed by atoms with Crippen LogP contribution in [0.1, 0.15) is 36.0 Å². The quantitative estimate of drug-likeness (QED) is 0.736. The number of amides is 1. The molecule has 1 aliphatic rings. The van der Waals surface area contributed by atoms with Crippen LogP contribution in [0.2, 0.25) is 0 Å². The SMILES string of the molecule is CC(=O)OC1c2ccccc2C(=O)N1OC(C)=O. The van der Waals surface area contributed by atoms with Crippen LogP contribution in [-0.2, 0) is 19.2 Å². The lowest BCUT2D eigenvalue weighted by atomic mass is 10.1. The van der Waals surface area contributed by atoms with Gasteiger partial charge in [-0.2, -0.15) is 0 Å². The lowest BCUT2D eigenvalue weighted by Crippen LogP contribution is -2.32. The summed E-state index contributed by atoms with van der Waals surface area (Å²) in [6.07, 6.45) is -1.02. The third kappa shape index (κ3) is 2.04. The Hall–Kier alpha value is -2.37. The molecular formula is C12H11NO5. The van der Waals surface area contributed by atoms with E-state index in [0.29, 0.717) is 11.1 Å². The molecule has 0 radical (unpaired) electrons. The maximum atomic E-state index is 12.0. The van der Waals surface area contributed by atoms with Crippen LogP contribution in [-0.4, -0.2) is 22.9 Å². The summed E-state index contributed by atoms with van der Waals surface area (Å²) < 4.78 is 5.01. The summed E-state index contributed by atoms with van der Waals surface area (Å²) in [6.45, 7) is 2.39. The lowest BCUT2D eigenvalue weighted by Gasteiger charge is -2.21. The highest BCUT2D eigenvalue weighted by Crippen LogP contribution is 2.34. The van der Waals surface area contributed by atoms with Gasteiger partial charge in [0.2, 0.25) is 6.23 Å². The standard InChI is InChI=1S/C12H11NO5/c1-7(14)17-12-10-6-4-3-5-9(10)11(16)13(12)18-8(2)15/h3-6,12H,1-2H3. The first-order chi connectivity index (χ1) is 8.50. The summed E-state index contributed by atoms with van der Waals surface area (Å²) in [5.41, 5.74) is 0.851. The maximum absolute atomic E-state index is 12.0. The van der Waals surface area contributed by atoms with Gasteiger partial charge in [0.1, 0.15) is 0 Å². The molecule has 0 aliphatic carbocycles. The largest absolute Gasteiger partial charge is 0.434 e. The lowest BCUT2D eigenvalue weighted by molar-refractivity contribution is -0.216. The molecule has 94 valence electrons. The second-order valence-electron chi connectivity index (χ2n) is 3.76. The second kappa shape index (κ2) is 4.48. The van der Waals surface area contributed by atoms with E-state index >= 15 is 0 Å². The number of nitrogens with zero attached hydrogens (tertiary/aromatic N) is 1. The molecule has 1 aromatic carbocycles. The minimum Gasteiger partial charge on any atom is -0.434 e. The highest BCUT2D eigenvalue weighted by atomic mass is 16.7. The number of carbonyl (C=O) groups is 3. The molecular weight excluding hydrogens is 238 g/mol. The molecule has 1 aliphatic heterocycles. The number of ether oxygens (including phenoxy) is 1. The van der Waals surface area contributed by atoms with Crippen molar-refractivity contribution in [3.63, 3.8) is 0 Å². The summed E-state index contributed by atoms with van der Waals surface area (Å²) in [7, 11) is 0. The predicted octanol–water partition coefficient (Wildman–Crippen LogP) is 1.18. The molecule has 0 saturated carbocycles. The number of rotatable bonds is 2. The zero-order valence-corrected chi connectivity index (χ0v) is 9.88. The number of fused-ring (bicyclic) bond motifs is 1. The molecule has 1 heterocycles. The Morgan fingerprint density at radius 1 is 1.17 bits per heavy atom. The first-order valence-electron chi connectivity index (χ1n) is 5.29. The van der Waals surface area contributed by atoms with Gasteiger partial charge in [-0.3, -0.25) is 14.4 Å². The number of benzene rings is 1. The van der Waals surface area contributed by atoms with E-state index in [9.17, 15) is 14.4 Å². The van der Waals surface area contributed by atoms with Crippen LogP contribution in [0, 0.1) is 0 Å². The fraction of sp³-hybridized carbons (Fsp3) is 0.250. The van der Waals surface area contributed by atoms with Crippen LogP contribution in [0.25, 0.3) is 0 Å². The van der Waals surface area contributed by atoms with Crippen molar-refractivity contribution in [1.82, 2.24) is 5.06 Å². The first-order valence-corrected chi connectivity index (χ1v) is 5.29. The van der Waals surface area contributed by atoms with Crippen molar-refractivity contribution >= 4 is 17.8 Å². The maximum Gasteiger partial charge on any atom is 0.329 e. The highest BCUT2D eigenvalue weighted by molar-refractivity contribution is 5.99. The van der Waals surface area contributed by atoms with Gasteiger partial charge in [0.05, 0.1) is 5.56 Å². The van der Waals surface area contributed by atoms with Gasteiger partial charge in [-0.25, -0.2) is 0 Å². The van der Waals surface area contributed by atoms with Crippen LogP contribution < -0.4 is 0 Å². The highest BCUT2D eigenvalue weighted by Gasteiger charge is 2.41. The third-order valence-corrected chi connectivity index (χ3v) is 2.37. The molecule has 6 nitrogen and oxygen atoms in total. The molecule has 1 aromatic rings. The zero-order chi connectivity index (χ0) is 13.3. The molecule has 0 N–H and O–H groups in total. The van der Waals surface area contributed by atoms with Gasteiger partial charge in [-0.15, -0.1) is 5.06 Å². The summed E-state index contributed by atoms with van der Waals surface area (Å²) in [5.74, 6) is -1.73. The van der Waals surface area contributed by atoms with E-state index in [0.717, 1.165) is 5.06 Å². The molecule has 0 fully saturated rings. The van der Waals surface area contributed by atoms with Crippen LogP contribution in [0.15, 0.2) is 24.3 Å². The molecule has 0 aromatic heterocycles. The van der Waals surface area contributed by atoms with Crippen molar-refractivity contribution in [3.8, 4) is 0 Å². The monoisotopic (exact) mass is 249 g/mol. The number of carbonyl (C=O) groups excluding carboxylic acids is 3. The van der Waals surface area contributed by atoms with Gasteiger partial charge >= 0.3 is 11.9 Å². The van der Waals surface area contributed by atoms with Crippen molar-refractivity contribution in [3.05, 3.63) is 35.4 Å². The number of hydrogen-bond donors (Lipinski definition) is 0. The van der Waals surface area contributed by atoms with E-state index in [-0.39, 0.29) is 0 Å². The van der Waals surface area contributed by atoms with Crippen LogP contribution in [0.4, 0.5) is 0 Å². The van der Waals surface area contributed by atoms with Gasteiger partial charge in [-0.05, 0) is 6.07 Å². The molecule has 1 atom stereocenters. The minimum atomic E-state index is -1.02. The molecule has 6 heteroatoms. The third-order valence-electron chi connectivity index (χ3n) is 2.37. The Morgan fingerprint density at radius 3 is 2.44 bits per heavy atom. The Bertz CT molecular complexity index is 525. The average molecular weight is 249 g/mol. The molecule has 2 rings (SSSR count).